The van der Waals surface area contributed by atoms with E-state index in [1.807, 2.05) is 12.1 Å². The van der Waals surface area contributed by atoms with Crippen LogP contribution in [0.2, 0.25) is 5.02 Å². The Balaban J connectivity index is 1.65. The Morgan fingerprint density at radius 1 is 1.27 bits per heavy atom. The van der Waals surface area contributed by atoms with Gasteiger partial charge in [-0.1, -0.05) is 17.7 Å². The van der Waals surface area contributed by atoms with Gasteiger partial charge in [0.2, 0.25) is 11.9 Å². The van der Waals surface area contributed by atoms with Gasteiger partial charge in [0, 0.05) is 36.2 Å². The molecule has 0 radical (unpaired) electrons. The van der Waals surface area contributed by atoms with Gasteiger partial charge in [-0.2, -0.15) is 0 Å². The van der Waals surface area contributed by atoms with Crippen LogP contribution in [0.5, 0.6) is 0 Å². The smallest absolute Gasteiger partial charge is 0.229 e. The van der Waals surface area contributed by atoms with Crippen molar-refractivity contribution in [3.05, 3.63) is 47.7 Å². The van der Waals surface area contributed by atoms with E-state index in [0.717, 1.165) is 25.1 Å². The summed E-state index contributed by atoms with van der Waals surface area (Å²) in [5.41, 5.74) is 0.727. The van der Waals surface area contributed by atoms with Crippen LogP contribution in [-0.2, 0) is 4.79 Å². The second kappa shape index (κ2) is 6.75. The molecule has 6 heteroatoms. The Morgan fingerprint density at radius 3 is 2.86 bits per heavy atom. The summed E-state index contributed by atoms with van der Waals surface area (Å²) in [6, 6.07) is 8.98. The number of piperidine rings is 1. The van der Waals surface area contributed by atoms with Crippen LogP contribution in [-0.4, -0.2) is 29.0 Å². The van der Waals surface area contributed by atoms with Gasteiger partial charge in [0.25, 0.3) is 0 Å². The number of nitrogens with one attached hydrogen (secondary N) is 1. The molecule has 0 saturated carbocycles. The third kappa shape index (κ3) is 3.54. The van der Waals surface area contributed by atoms with Gasteiger partial charge in [-0.15, -0.1) is 0 Å². The van der Waals surface area contributed by atoms with Crippen molar-refractivity contribution in [3.8, 4) is 0 Å². The van der Waals surface area contributed by atoms with Crippen LogP contribution in [0.4, 0.5) is 11.6 Å². The molecule has 5 nitrogen and oxygen atoms in total. The maximum atomic E-state index is 12.4. The molecule has 3 rings (SSSR count). The SMILES string of the molecule is O=C(Nc1cccc(Cl)c1)[C@H]1CCCN(c2ncccn2)C1. The number of aromatic nitrogens is 2. The van der Waals surface area contributed by atoms with Crippen molar-refractivity contribution < 1.29 is 4.79 Å². The number of anilines is 2. The molecule has 1 atom stereocenters. The number of benzene rings is 1. The molecule has 1 aliphatic heterocycles. The predicted molar refractivity (Wildman–Crippen MR) is 87.1 cm³/mol. The fourth-order valence-corrected chi connectivity index (χ4v) is 2.83. The average molecular weight is 317 g/mol. The highest BCUT2D eigenvalue weighted by atomic mass is 35.5. The van der Waals surface area contributed by atoms with E-state index in [1.54, 1.807) is 30.6 Å². The van der Waals surface area contributed by atoms with Crippen LogP contribution >= 0.6 is 11.6 Å². The first-order valence-corrected chi connectivity index (χ1v) is 7.68. The van der Waals surface area contributed by atoms with E-state index in [0.29, 0.717) is 17.5 Å². The molecule has 0 spiro atoms. The Bertz CT molecular complexity index is 650. The summed E-state index contributed by atoms with van der Waals surface area (Å²) in [6.45, 7) is 1.52. The first-order chi connectivity index (χ1) is 10.7. The highest BCUT2D eigenvalue weighted by Gasteiger charge is 2.27. The van der Waals surface area contributed by atoms with Crippen molar-refractivity contribution in [3.63, 3.8) is 0 Å². The van der Waals surface area contributed by atoms with E-state index in [9.17, 15) is 4.79 Å². The van der Waals surface area contributed by atoms with Crippen molar-refractivity contribution in [1.29, 1.82) is 0 Å². The van der Waals surface area contributed by atoms with E-state index in [4.69, 9.17) is 11.6 Å². The van der Waals surface area contributed by atoms with Gasteiger partial charge in [0.15, 0.2) is 0 Å². The van der Waals surface area contributed by atoms with Gasteiger partial charge in [-0.3, -0.25) is 4.79 Å². The third-order valence-corrected chi connectivity index (χ3v) is 3.95. The molecule has 1 aliphatic rings. The van der Waals surface area contributed by atoms with Crippen LogP contribution in [0.3, 0.4) is 0 Å². The summed E-state index contributed by atoms with van der Waals surface area (Å²) in [5, 5.41) is 3.55. The van der Waals surface area contributed by atoms with Gasteiger partial charge in [0.05, 0.1) is 5.92 Å². The molecule has 2 heterocycles. The van der Waals surface area contributed by atoms with Crippen LogP contribution < -0.4 is 10.2 Å². The second-order valence-electron chi connectivity index (χ2n) is 5.33. The summed E-state index contributed by atoms with van der Waals surface area (Å²) < 4.78 is 0. The number of carbonyl (C=O) groups is 1. The summed E-state index contributed by atoms with van der Waals surface area (Å²) in [7, 11) is 0. The zero-order valence-corrected chi connectivity index (χ0v) is 12.8. The maximum absolute atomic E-state index is 12.4. The largest absolute Gasteiger partial charge is 0.340 e. The highest BCUT2D eigenvalue weighted by molar-refractivity contribution is 6.30. The summed E-state index contributed by atoms with van der Waals surface area (Å²) >= 11 is 5.94. The minimum absolute atomic E-state index is 0.0166. The molecule has 2 aromatic rings. The number of nitrogens with zero attached hydrogens (tertiary/aromatic N) is 3. The summed E-state index contributed by atoms with van der Waals surface area (Å²) in [4.78, 5) is 23.0. The Hall–Kier alpha value is -2.14. The first kappa shape index (κ1) is 14.8. The molecule has 1 aromatic heterocycles. The molecular formula is C16H17ClN4O. The molecule has 1 N–H and O–H groups in total. The predicted octanol–water partition coefficient (Wildman–Crippen LogP) is 2.99. The topological polar surface area (TPSA) is 58.1 Å². The number of rotatable bonds is 3. The van der Waals surface area contributed by atoms with E-state index < -0.39 is 0 Å². The molecular weight excluding hydrogens is 300 g/mol. The Morgan fingerprint density at radius 2 is 2.09 bits per heavy atom. The van der Waals surface area contributed by atoms with Crippen LogP contribution in [0.15, 0.2) is 42.7 Å². The molecule has 0 bridgehead atoms. The number of hydrogen-bond acceptors (Lipinski definition) is 4. The lowest BCUT2D eigenvalue weighted by Gasteiger charge is -2.31. The van der Waals surface area contributed by atoms with Gasteiger partial charge in [-0.25, -0.2) is 9.97 Å². The maximum Gasteiger partial charge on any atom is 0.229 e. The molecule has 1 aromatic carbocycles. The Kier molecular flexibility index (Phi) is 4.53. The average Bonchev–Trinajstić information content (AvgIpc) is 2.56. The van der Waals surface area contributed by atoms with Crippen LogP contribution in [0, 0.1) is 5.92 Å². The van der Waals surface area contributed by atoms with Crippen molar-refractivity contribution in [2.24, 2.45) is 5.92 Å². The van der Waals surface area contributed by atoms with Crippen molar-refractivity contribution in [2.75, 3.05) is 23.3 Å². The lowest BCUT2D eigenvalue weighted by Crippen LogP contribution is -2.41. The van der Waals surface area contributed by atoms with E-state index in [1.165, 1.54) is 0 Å². The number of halogens is 1. The number of amides is 1. The normalized spacial score (nSPS) is 18.0. The van der Waals surface area contributed by atoms with E-state index in [2.05, 4.69) is 20.2 Å². The van der Waals surface area contributed by atoms with Crippen LogP contribution in [0.1, 0.15) is 12.8 Å². The molecule has 1 amide bonds. The Labute approximate surface area is 134 Å². The zero-order chi connectivity index (χ0) is 15.4. The minimum Gasteiger partial charge on any atom is -0.340 e. The third-order valence-electron chi connectivity index (χ3n) is 3.72. The lowest BCUT2D eigenvalue weighted by molar-refractivity contribution is -0.120. The van der Waals surface area contributed by atoms with Crippen molar-refractivity contribution in [2.45, 2.75) is 12.8 Å². The molecule has 1 fully saturated rings. The molecule has 0 aliphatic carbocycles. The monoisotopic (exact) mass is 316 g/mol. The van der Waals surface area contributed by atoms with Gasteiger partial charge < -0.3 is 10.2 Å². The molecule has 1 saturated heterocycles. The quantitative estimate of drug-likeness (QED) is 0.945. The molecule has 114 valence electrons. The fourth-order valence-electron chi connectivity index (χ4n) is 2.64. The lowest BCUT2D eigenvalue weighted by atomic mass is 9.97. The summed E-state index contributed by atoms with van der Waals surface area (Å²) in [5.74, 6) is 0.627. The minimum atomic E-state index is -0.0727. The molecule has 0 unspecified atom stereocenters. The molecule has 22 heavy (non-hydrogen) atoms. The zero-order valence-electron chi connectivity index (χ0n) is 12.1. The fraction of sp³-hybridized carbons (Fsp3) is 0.312. The van der Waals surface area contributed by atoms with Gasteiger partial charge in [0.1, 0.15) is 0 Å². The number of hydrogen-bond donors (Lipinski definition) is 1. The standard InChI is InChI=1S/C16H17ClN4O/c17-13-5-1-6-14(10-13)20-15(22)12-4-2-9-21(11-12)16-18-7-3-8-19-16/h1,3,5-8,10,12H,2,4,9,11H2,(H,20,22)/t12-/m0/s1. The van der Waals surface area contributed by atoms with Crippen molar-refractivity contribution >= 4 is 29.1 Å². The first-order valence-electron chi connectivity index (χ1n) is 7.31. The summed E-state index contributed by atoms with van der Waals surface area (Å²) in [6.07, 6.45) is 5.26. The van der Waals surface area contributed by atoms with E-state index in [-0.39, 0.29) is 11.8 Å². The number of carbonyl (C=O) groups excluding carboxylic acids is 1. The van der Waals surface area contributed by atoms with Crippen molar-refractivity contribution in [1.82, 2.24) is 9.97 Å². The van der Waals surface area contributed by atoms with E-state index >= 15 is 0 Å². The second-order valence-corrected chi connectivity index (χ2v) is 5.77. The van der Waals surface area contributed by atoms with Crippen LogP contribution in [0.25, 0.3) is 0 Å². The van der Waals surface area contributed by atoms with Gasteiger partial charge >= 0.3 is 0 Å². The highest BCUT2D eigenvalue weighted by Crippen LogP contribution is 2.22. The van der Waals surface area contributed by atoms with Gasteiger partial charge in [-0.05, 0) is 37.1 Å².